The topological polar surface area (TPSA) is 95.6 Å². The number of nitrogens with zero attached hydrogens (tertiary/aromatic N) is 3. The molecule has 0 radical (unpaired) electrons. The smallest absolute Gasteiger partial charge is 0.272 e. The molecule has 7 nitrogen and oxygen atoms in total. The monoisotopic (exact) mass is 434 g/mol. The summed E-state index contributed by atoms with van der Waals surface area (Å²) in [6.45, 7) is 4.07. The van der Waals surface area contributed by atoms with Crippen molar-refractivity contribution in [3.05, 3.63) is 96.1 Å². The predicted octanol–water partition coefficient (Wildman–Crippen LogP) is 5.63. The summed E-state index contributed by atoms with van der Waals surface area (Å²) in [5.74, 6) is 0.301. The van der Waals surface area contributed by atoms with Gasteiger partial charge in [0.15, 0.2) is 0 Å². The molecular formula is C26H22N6O. The maximum atomic E-state index is 12.7. The van der Waals surface area contributed by atoms with Crippen LogP contribution in [0.5, 0.6) is 0 Å². The highest BCUT2D eigenvalue weighted by atomic mass is 16.1. The molecule has 0 aliphatic rings. The number of fused-ring (bicyclic) bond motifs is 1. The number of carbonyl (C=O) groups excluding carboxylic acids is 1. The summed E-state index contributed by atoms with van der Waals surface area (Å²) in [5.41, 5.74) is 6.99. The third kappa shape index (κ3) is 4.43. The van der Waals surface area contributed by atoms with Crippen LogP contribution < -0.4 is 10.6 Å². The molecule has 0 atom stereocenters. The molecule has 0 saturated carbocycles. The minimum Gasteiger partial charge on any atom is -0.351 e. The lowest BCUT2D eigenvalue weighted by atomic mass is 10.1. The van der Waals surface area contributed by atoms with E-state index in [4.69, 9.17) is 0 Å². The minimum atomic E-state index is -0.184. The van der Waals surface area contributed by atoms with E-state index < -0.39 is 0 Å². The molecule has 3 heterocycles. The van der Waals surface area contributed by atoms with Crippen molar-refractivity contribution < 1.29 is 4.79 Å². The summed E-state index contributed by atoms with van der Waals surface area (Å²) >= 11 is 0. The number of H-pyrrole nitrogens is 1. The molecule has 0 spiro atoms. The highest BCUT2D eigenvalue weighted by Crippen LogP contribution is 2.24. The third-order valence-corrected chi connectivity index (χ3v) is 5.50. The molecule has 0 aliphatic carbocycles. The van der Waals surface area contributed by atoms with Crippen molar-refractivity contribution in [2.45, 2.75) is 13.8 Å². The van der Waals surface area contributed by atoms with E-state index in [1.165, 1.54) is 5.56 Å². The lowest BCUT2D eigenvalue weighted by Crippen LogP contribution is -2.12. The molecule has 0 fully saturated rings. The largest absolute Gasteiger partial charge is 0.351 e. The minimum absolute atomic E-state index is 0.184. The van der Waals surface area contributed by atoms with Crippen LogP contribution in [0.4, 0.5) is 17.3 Å². The molecule has 3 aromatic heterocycles. The van der Waals surface area contributed by atoms with Gasteiger partial charge in [-0.1, -0.05) is 6.07 Å². The molecule has 162 valence electrons. The first-order chi connectivity index (χ1) is 16.0. The summed E-state index contributed by atoms with van der Waals surface area (Å²) in [6, 6.07) is 19.2. The fourth-order valence-electron chi connectivity index (χ4n) is 3.57. The Hall–Kier alpha value is -4.52. The third-order valence-electron chi connectivity index (χ3n) is 5.50. The lowest BCUT2D eigenvalue weighted by Gasteiger charge is -2.06. The van der Waals surface area contributed by atoms with Crippen LogP contribution in [0.1, 0.15) is 21.6 Å². The number of hydrogen-bond acceptors (Lipinski definition) is 5. The van der Waals surface area contributed by atoms with Crippen molar-refractivity contribution in [1.82, 2.24) is 19.9 Å². The second kappa shape index (κ2) is 8.55. The Kier molecular flexibility index (Phi) is 5.28. The normalized spacial score (nSPS) is 10.8. The van der Waals surface area contributed by atoms with Crippen molar-refractivity contribution >= 4 is 34.1 Å². The maximum absolute atomic E-state index is 12.7. The SMILES string of the molecule is Cc1ccc(NC(=O)c2cc3cc(Nc4nccc(-c5cccnc5)n4)ccc3[nH]2)cc1C. The number of aromatic nitrogens is 4. The number of carbonyl (C=O) groups is 1. The molecule has 0 saturated heterocycles. The molecule has 3 N–H and O–H groups in total. The average Bonchev–Trinajstić information content (AvgIpc) is 3.26. The molecule has 0 aliphatic heterocycles. The first-order valence-electron chi connectivity index (χ1n) is 10.6. The van der Waals surface area contributed by atoms with Crippen molar-refractivity contribution in [1.29, 1.82) is 0 Å². The highest BCUT2D eigenvalue weighted by Gasteiger charge is 2.11. The van der Waals surface area contributed by atoms with E-state index in [1.54, 1.807) is 18.6 Å². The van der Waals surface area contributed by atoms with Crippen molar-refractivity contribution in [2.75, 3.05) is 10.6 Å². The lowest BCUT2D eigenvalue weighted by molar-refractivity contribution is 0.102. The molecule has 0 unspecified atom stereocenters. The zero-order chi connectivity index (χ0) is 22.8. The van der Waals surface area contributed by atoms with Crippen LogP contribution in [0.3, 0.4) is 0 Å². The van der Waals surface area contributed by atoms with E-state index >= 15 is 0 Å². The number of nitrogens with one attached hydrogen (secondary N) is 3. The number of hydrogen-bond donors (Lipinski definition) is 3. The van der Waals surface area contributed by atoms with E-state index in [9.17, 15) is 4.79 Å². The Morgan fingerprint density at radius 2 is 1.79 bits per heavy atom. The van der Waals surface area contributed by atoms with Crippen LogP contribution in [0.15, 0.2) is 79.3 Å². The van der Waals surface area contributed by atoms with Crippen LogP contribution in [0, 0.1) is 13.8 Å². The molecule has 0 bridgehead atoms. The summed E-state index contributed by atoms with van der Waals surface area (Å²) in [5, 5.41) is 7.10. The fraction of sp³-hybridized carbons (Fsp3) is 0.0769. The van der Waals surface area contributed by atoms with Gasteiger partial charge in [-0.15, -0.1) is 0 Å². The molecule has 5 aromatic rings. The van der Waals surface area contributed by atoms with Gasteiger partial charge in [-0.25, -0.2) is 9.97 Å². The van der Waals surface area contributed by atoms with Gasteiger partial charge in [0.1, 0.15) is 5.69 Å². The Bertz CT molecular complexity index is 1460. The van der Waals surface area contributed by atoms with Gasteiger partial charge in [-0.3, -0.25) is 9.78 Å². The van der Waals surface area contributed by atoms with E-state index in [-0.39, 0.29) is 5.91 Å². The van der Waals surface area contributed by atoms with Gasteiger partial charge in [-0.2, -0.15) is 0 Å². The fourth-order valence-corrected chi connectivity index (χ4v) is 3.57. The number of aromatic amines is 1. The first kappa shape index (κ1) is 20.4. The van der Waals surface area contributed by atoms with Crippen LogP contribution in [0.25, 0.3) is 22.2 Å². The Balaban J connectivity index is 1.35. The first-order valence-corrected chi connectivity index (χ1v) is 10.6. The molecular weight excluding hydrogens is 412 g/mol. The number of anilines is 3. The van der Waals surface area contributed by atoms with Crippen molar-refractivity contribution in [3.8, 4) is 11.3 Å². The van der Waals surface area contributed by atoms with Crippen LogP contribution in [-0.2, 0) is 0 Å². The molecule has 1 amide bonds. The summed E-state index contributed by atoms with van der Waals surface area (Å²) in [7, 11) is 0. The quantitative estimate of drug-likeness (QED) is 0.333. The summed E-state index contributed by atoms with van der Waals surface area (Å²) in [6.07, 6.45) is 5.20. The molecule has 5 rings (SSSR count). The van der Waals surface area contributed by atoms with Crippen LogP contribution >= 0.6 is 0 Å². The number of pyridine rings is 1. The van der Waals surface area contributed by atoms with Gasteiger partial charge in [0.25, 0.3) is 5.91 Å². The second-order valence-electron chi connectivity index (χ2n) is 7.87. The molecule has 33 heavy (non-hydrogen) atoms. The standard InChI is InChI=1S/C26H22N6O/c1-16-5-6-20(12-17(16)2)29-25(33)24-14-19-13-21(7-8-22(19)31-24)30-26-28-11-9-23(32-26)18-4-3-10-27-15-18/h3-15,31H,1-2H3,(H,29,33)(H,28,30,32). The van der Waals surface area contributed by atoms with Crippen LogP contribution in [-0.4, -0.2) is 25.8 Å². The van der Waals surface area contributed by atoms with Crippen LogP contribution in [0.2, 0.25) is 0 Å². The molecule has 7 heteroatoms. The van der Waals surface area contributed by atoms with Gasteiger partial charge in [0.2, 0.25) is 5.95 Å². The van der Waals surface area contributed by atoms with Gasteiger partial charge >= 0.3 is 0 Å². The van der Waals surface area contributed by atoms with E-state index in [0.29, 0.717) is 11.6 Å². The number of rotatable bonds is 5. The van der Waals surface area contributed by atoms with Gasteiger partial charge in [-0.05, 0) is 79.6 Å². The van der Waals surface area contributed by atoms with E-state index in [2.05, 4.69) is 30.6 Å². The Morgan fingerprint density at radius 1 is 0.909 bits per heavy atom. The average molecular weight is 435 g/mol. The maximum Gasteiger partial charge on any atom is 0.272 e. The van der Waals surface area contributed by atoms with Gasteiger partial charge in [0.05, 0.1) is 5.69 Å². The predicted molar refractivity (Wildman–Crippen MR) is 131 cm³/mol. The molecule has 2 aromatic carbocycles. The Morgan fingerprint density at radius 3 is 2.61 bits per heavy atom. The van der Waals surface area contributed by atoms with E-state index in [1.807, 2.05) is 74.5 Å². The zero-order valence-corrected chi connectivity index (χ0v) is 18.3. The summed E-state index contributed by atoms with van der Waals surface area (Å²) in [4.78, 5) is 29.0. The summed E-state index contributed by atoms with van der Waals surface area (Å²) < 4.78 is 0. The van der Waals surface area contributed by atoms with Gasteiger partial charge in [0, 0.05) is 46.4 Å². The van der Waals surface area contributed by atoms with Crippen molar-refractivity contribution in [2.24, 2.45) is 0 Å². The van der Waals surface area contributed by atoms with Gasteiger partial charge < -0.3 is 15.6 Å². The number of benzene rings is 2. The zero-order valence-electron chi connectivity index (χ0n) is 18.3. The van der Waals surface area contributed by atoms with Crippen molar-refractivity contribution in [3.63, 3.8) is 0 Å². The second-order valence-corrected chi connectivity index (χ2v) is 7.87. The Labute approximate surface area is 191 Å². The highest BCUT2D eigenvalue weighted by molar-refractivity contribution is 6.06. The number of amides is 1. The van der Waals surface area contributed by atoms with E-state index in [0.717, 1.165) is 39.1 Å². The number of aryl methyl sites for hydroxylation is 2.